The molecule has 0 saturated heterocycles. The zero-order valence-electron chi connectivity index (χ0n) is 10.1. The van der Waals surface area contributed by atoms with Crippen molar-refractivity contribution in [1.29, 1.82) is 0 Å². The molecular weight excluding hydrogens is 194 g/mol. The fourth-order valence-electron chi connectivity index (χ4n) is 2.67. The summed E-state index contributed by atoms with van der Waals surface area (Å²) in [7, 11) is 0. The molecule has 2 fully saturated rings. The van der Waals surface area contributed by atoms with Gasteiger partial charge in [-0.2, -0.15) is 0 Å². The number of aryl methyl sites for hydroxylation is 1. The molecule has 0 radical (unpaired) electrons. The van der Waals surface area contributed by atoms with E-state index in [2.05, 4.69) is 36.5 Å². The topological polar surface area (TPSA) is 12.0 Å². The van der Waals surface area contributed by atoms with Crippen LogP contribution in [0, 0.1) is 18.8 Å². The van der Waals surface area contributed by atoms with Gasteiger partial charge in [0.05, 0.1) is 0 Å². The Bertz CT molecular complexity index is 351. The van der Waals surface area contributed by atoms with Crippen LogP contribution >= 0.6 is 0 Å². The Morgan fingerprint density at radius 2 is 1.75 bits per heavy atom. The van der Waals surface area contributed by atoms with Crippen LogP contribution in [-0.4, -0.2) is 6.04 Å². The average molecular weight is 215 g/mol. The molecule has 1 aromatic rings. The Hall–Kier alpha value is -0.820. The van der Waals surface area contributed by atoms with E-state index in [0.717, 1.165) is 24.4 Å². The van der Waals surface area contributed by atoms with Gasteiger partial charge in [-0.1, -0.05) is 24.3 Å². The van der Waals surface area contributed by atoms with Gasteiger partial charge in [0, 0.05) is 12.6 Å². The van der Waals surface area contributed by atoms with Gasteiger partial charge in [-0.05, 0) is 55.6 Å². The summed E-state index contributed by atoms with van der Waals surface area (Å²) in [5.41, 5.74) is 2.88. The van der Waals surface area contributed by atoms with Crippen LogP contribution in [0.1, 0.15) is 36.8 Å². The fourth-order valence-corrected chi connectivity index (χ4v) is 2.67. The molecule has 1 N–H and O–H groups in total. The molecule has 0 aliphatic heterocycles. The van der Waals surface area contributed by atoms with E-state index in [4.69, 9.17) is 0 Å². The van der Waals surface area contributed by atoms with Crippen LogP contribution in [0.4, 0.5) is 0 Å². The maximum Gasteiger partial charge on any atom is 0.0210 e. The monoisotopic (exact) mass is 215 g/mol. The largest absolute Gasteiger partial charge is 0.309 e. The van der Waals surface area contributed by atoms with E-state index in [9.17, 15) is 0 Å². The third kappa shape index (κ3) is 2.30. The van der Waals surface area contributed by atoms with Crippen molar-refractivity contribution in [2.45, 2.75) is 45.2 Å². The molecule has 16 heavy (non-hydrogen) atoms. The summed E-state index contributed by atoms with van der Waals surface area (Å²) in [5, 5.41) is 3.80. The van der Waals surface area contributed by atoms with Crippen molar-refractivity contribution >= 4 is 0 Å². The summed E-state index contributed by atoms with van der Waals surface area (Å²) < 4.78 is 0. The van der Waals surface area contributed by atoms with E-state index < -0.39 is 0 Å². The lowest BCUT2D eigenvalue weighted by Gasteiger charge is -2.18. The van der Waals surface area contributed by atoms with Crippen LogP contribution < -0.4 is 5.32 Å². The molecular formula is C15H21N. The maximum atomic E-state index is 3.80. The summed E-state index contributed by atoms with van der Waals surface area (Å²) >= 11 is 0. The van der Waals surface area contributed by atoms with Crippen LogP contribution in [0.15, 0.2) is 24.3 Å². The van der Waals surface area contributed by atoms with Crippen molar-refractivity contribution in [2.75, 3.05) is 0 Å². The molecule has 1 heteroatoms. The highest BCUT2D eigenvalue weighted by molar-refractivity contribution is 5.25. The molecule has 0 heterocycles. The number of hydrogen-bond acceptors (Lipinski definition) is 1. The lowest BCUT2D eigenvalue weighted by atomic mass is 10.1. The first-order valence-corrected chi connectivity index (χ1v) is 6.62. The molecule has 0 aromatic heterocycles. The molecule has 2 aliphatic rings. The summed E-state index contributed by atoms with van der Waals surface area (Å²) in [6.07, 6.45) is 5.84. The van der Waals surface area contributed by atoms with E-state index in [1.165, 1.54) is 36.8 Å². The first kappa shape index (κ1) is 10.3. The van der Waals surface area contributed by atoms with E-state index in [0.29, 0.717) is 0 Å². The smallest absolute Gasteiger partial charge is 0.0210 e. The highest BCUT2D eigenvalue weighted by Gasteiger charge is 2.40. The minimum absolute atomic E-state index is 0.819. The third-order valence-corrected chi connectivity index (χ3v) is 4.05. The van der Waals surface area contributed by atoms with Gasteiger partial charge in [-0.3, -0.25) is 0 Å². The van der Waals surface area contributed by atoms with E-state index in [-0.39, 0.29) is 0 Å². The average Bonchev–Trinajstić information content (AvgIpc) is 3.15. The lowest BCUT2D eigenvalue weighted by molar-refractivity contribution is 0.415. The van der Waals surface area contributed by atoms with Gasteiger partial charge in [0.15, 0.2) is 0 Å². The fraction of sp³-hybridized carbons (Fsp3) is 0.600. The van der Waals surface area contributed by atoms with Crippen LogP contribution in [0.25, 0.3) is 0 Å². The number of rotatable bonds is 5. The SMILES string of the molecule is Cc1ccccc1CNC(C1CC1)C1CC1. The van der Waals surface area contributed by atoms with Crippen LogP contribution in [0.5, 0.6) is 0 Å². The minimum Gasteiger partial charge on any atom is -0.309 e. The normalized spacial score (nSPS) is 20.4. The first-order valence-electron chi connectivity index (χ1n) is 6.62. The minimum atomic E-state index is 0.819. The van der Waals surface area contributed by atoms with E-state index in [1.807, 2.05) is 0 Å². The molecule has 2 aliphatic carbocycles. The second-order valence-corrected chi connectivity index (χ2v) is 5.51. The molecule has 3 rings (SSSR count). The standard InChI is InChI=1S/C15H21N/c1-11-4-2-3-5-14(11)10-16-15(12-6-7-12)13-8-9-13/h2-5,12-13,15-16H,6-10H2,1H3. The molecule has 0 bridgehead atoms. The Balaban J connectivity index is 1.60. The van der Waals surface area contributed by atoms with Crippen molar-refractivity contribution in [2.24, 2.45) is 11.8 Å². The summed E-state index contributed by atoms with van der Waals surface area (Å²) in [4.78, 5) is 0. The van der Waals surface area contributed by atoms with Crippen molar-refractivity contribution in [3.8, 4) is 0 Å². The van der Waals surface area contributed by atoms with Crippen LogP contribution in [0.2, 0.25) is 0 Å². The third-order valence-electron chi connectivity index (χ3n) is 4.05. The quantitative estimate of drug-likeness (QED) is 0.795. The summed E-state index contributed by atoms with van der Waals surface area (Å²) in [5.74, 6) is 1.99. The van der Waals surface area contributed by atoms with Crippen molar-refractivity contribution in [1.82, 2.24) is 5.32 Å². The molecule has 0 unspecified atom stereocenters. The van der Waals surface area contributed by atoms with Gasteiger partial charge in [0.25, 0.3) is 0 Å². The van der Waals surface area contributed by atoms with Gasteiger partial charge in [0.2, 0.25) is 0 Å². The zero-order valence-corrected chi connectivity index (χ0v) is 10.1. The van der Waals surface area contributed by atoms with Gasteiger partial charge >= 0.3 is 0 Å². The molecule has 86 valence electrons. The Morgan fingerprint density at radius 1 is 1.12 bits per heavy atom. The van der Waals surface area contributed by atoms with E-state index in [1.54, 1.807) is 0 Å². The molecule has 0 spiro atoms. The highest BCUT2D eigenvalue weighted by Crippen LogP contribution is 2.44. The van der Waals surface area contributed by atoms with Crippen LogP contribution in [0.3, 0.4) is 0 Å². The van der Waals surface area contributed by atoms with Gasteiger partial charge < -0.3 is 5.32 Å². The van der Waals surface area contributed by atoms with Gasteiger partial charge in [-0.15, -0.1) is 0 Å². The first-order chi connectivity index (χ1) is 7.84. The van der Waals surface area contributed by atoms with Gasteiger partial charge in [0.1, 0.15) is 0 Å². The molecule has 2 saturated carbocycles. The van der Waals surface area contributed by atoms with Crippen molar-refractivity contribution < 1.29 is 0 Å². The Labute approximate surface area is 98.3 Å². The van der Waals surface area contributed by atoms with Crippen LogP contribution in [-0.2, 0) is 6.54 Å². The number of nitrogens with one attached hydrogen (secondary N) is 1. The second-order valence-electron chi connectivity index (χ2n) is 5.51. The Kier molecular flexibility index (Phi) is 2.72. The number of benzene rings is 1. The van der Waals surface area contributed by atoms with Crippen molar-refractivity contribution in [3.63, 3.8) is 0 Å². The maximum absolute atomic E-state index is 3.80. The predicted molar refractivity (Wildman–Crippen MR) is 67.3 cm³/mol. The second kappa shape index (κ2) is 4.21. The zero-order chi connectivity index (χ0) is 11.0. The Morgan fingerprint density at radius 3 is 2.31 bits per heavy atom. The molecule has 0 amide bonds. The summed E-state index contributed by atoms with van der Waals surface area (Å²) in [6, 6.07) is 9.55. The van der Waals surface area contributed by atoms with E-state index >= 15 is 0 Å². The lowest BCUT2D eigenvalue weighted by Crippen LogP contribution is -2.32. The molecule has 0 atom stereocenters. The highest BCUT2D eigenvalue weighted by atomic mass is 14.9. The molecule has 1 aromatic carbocycles. The van der Waals surface area contributed by atoms with Crippen molar-refractivity contribution in [3.05, 3.63) is 35.4 Å². The number of hydrogen-bond donors (Lipinski definition) is 1. The predicted octanol–water partition coefficient (Wildman–Crippen LogP) is 3.27. The van der Waals surface area contributed by atoms with Gasteiger partial charge in [-0.25, -0.2) is 0 Å². The summed E-state index contributed by atoms with van der Waals surface area (Å²) in [6.45, 7) is 3.27. The molecule has 1 nitrogen and oxygen atoms in total.